The van der Waals surface area contributed by atoms with E-state index in [1.165, 1.54) is 12.1 Å². The summed E-state index contributed by atoms with van der Waals surface area (Å²) < 4.78 is 39.5. The van der Waals surface area contributed by atoms with Gasteiger partial charge in [-0.3, -0.25) is 0 Å². The first kappa shape index (κ1) is 15.9. The molecular weight excluding hydrogens is 318 g/mol. The van der Waals surface area contributed by atoms with Gasteiger partial charge in [-0.2, -0.15) is 0 Å². The quantitative estimate of drug-likeness (QED) is 0.858. The number of benzene rings is 1. The van der Waals surface area contributed by atoms with E-state index in [0.717, 1.165) is 12.0 Å². The summed E-state index contributed by atoms with van der Waals surface area (Å²) in [6.45, 7) is 6.38. The van der Waals surface area contributed by atoms with E-state index in [9.17, 15) is 12.6 Å². The van der Waals surface area contributed by atoms with E-state index in [0.29, 0.717) is 11.8 Å². The van der Waals surface area contributed by atoms with Crippen LogP contribution in [0.1, 0.15) is 27.2 Å². The molecule has 4 atom stereocenters. The van der Waals surface area contributed by atoms with Crippen molar-refractivity contribution in [2.75, 3.05) is 0 Å². The lowest BCUT2D eigenvalue weighted by molar-refractivity contribution is 0.532. The van der Waals surface area contributed by atoms with Gasteiger partial charge >= 0.3 is 0 Å². The SMILES string of the molecule is CC1=C[C@H]2[C@@H](C[C@H]1S(=O)NS(=O)(=O)c1ccccc1)C2(C)C. The fourth-order valence-electron chi connectivity index (χ4n) is 3.45. The molecule has 0 heterocycles. The summed E-state index contributed by atoms with van der Waals surface area (Å²) in [6, 6.07) is 8.06. The Morgan fingerprint density at radius 2 is 1.86 bits per heavy atom. The summed E-state index contributed by atoms with van der Waals surface area (Å²) in [5, 5.41) is -0.235. The second-order valence-corrected chi connectivity index (χ2v) is 10.1. The maximum absolute atomic E-state index is 12.6. The van der Waals surface area contributed by atoms with Gasteiger partial charge in [-0.25, -0.2) is 12.6 Å². The van der Waals surface area contributed by atoms with Crippen molar-refractivity contribution in [2.45, 2.75) is 37.3 Å². The summed E-state index contributed by atoms with van der Waals surface area (Å²) in [5.41, 5.74) is 1.28. The number of sulfonamides is 1. The fourth-order valence-corrected chi connectivity index (χ4v) is 6.47. The van der Waals surface area contributed by atoms with Crippen LogP contribution in [0, 0.1) is 17.3 Å². The highest BCUT2D eigenvalue weighted by Crippen LogP contribution is 2.64. The van der Waals surface area contributed by atoms with Crippen LogP contribution in [-0.4, -0.2) is 17.9 Å². The molecule has 2 aliphatic rings. The Bertz CT molecular complexity index is 738. The molecule has 4 nitrogen and oxygen atoms in total. The van der Waals surface area contributed by atoms with Crippen molar-refractivity contribution < 1.29 is 12.6 Å². The van der Waals surface area contributed by atoms with Crippen LogP contribution >= 0.6 is 0 Å². The first-order valence-electron chi connectivity index (χ1n) is 7.40. The number of rotatable bonds is 4. The number of hydrogen-bond acceptors (Lipinski definition) is 3. The Morgan fingerprint density at radius 3 is 2.50 bits per heavy atom. The zero-order chi connectivity index (χ0) is 16.1. The van der Waals surface area contributed by atoms with Gasteiger partial charge in [0.15, 0.2) is 0 Å². The minimum atomic E-state index is -3.74. The molecule has 1 N–H and O–H groups in total. The van der Waals surface area contributed by atoms with Crippen LogP contribution < -0.4 is 4.13 Å². The second-order valence-electron chi connectivity index (χ2n) is 6.79. The Morgan fingerprint density at radius 1 is 1.23 bits per heavy atom. The van der Waals surface area contributed by atoms with E-state index in [-0.39, 0.29) is 15.6 Å². The molecule has 0 amide bonds. The lowest BCUT2D eigenvalue weighted by Gasteiger charge is -2.21. The summed E-state index contributed by atoms with van der Waals surface area (Å²) >= 11 is 0. The average Bonchev–Trinajstić information content (AvgIpc) is 2.99. The van der Waals surface area contributed by atoms with E-state index < -0.39 is 21.0 Å². The average molecular weight is 339 g/mol. The molecule has 1 saturated carbocycles. The van der Waals surface area contributed by atoms with E-state index in [1.54, 1.807) is 18.2 Å². The number of hydrogen-bond donors (Lipinski definition) is 1. The molecule has 1 aromatic rings. The molecule has 0 spiro atoms. The molecular formula is C16H21NO3S2. The Hall–Kier alpha value is -0.980. The monoisotopic (exact) mass is 339 g/mol. The third-order valence-electron chi connectivity index (χ3n) is 5.06. The molecule has 6 heteroatoms. The highest BCUT2D eigenvalue weighted by Gasteiger charge is 2.59. The van der Waals surface area contributed by atoms with Gasteiger partial charge in [0.25, 0.3) is 10.0 Å². The molecule has 3 rings (SSSR count). The van der Waals surface area contributed by atoms with E-state index in [4.69, 9.17) is 0 Å². The standard InChI is InChI=1S/C16H21NO3S2/c1-11-9-13-14(16(13,2)3)10-15(11)21(18)17-22(19,20)12-7-5-4-6-8-12/h4-9,13-15,17H,10H2,1-3H3/t13-,14+,15+,21?/m0/s1. The minimum absolute atomic E-state index is 0.144. The molecule has 0 saturated heterocycles. The fraction of sp³-hybridized carbons (Fsp3) is 0.500. The van der Waals surface area contributed by atoms with Gasteiger partial charge in [-0.1, -0.05) is 43.7 Å². The Balaban J connectivity index is 1.76. The van der Waals surface area contributed by atoms with Crippen molar-refractivity contribution in [1.29, 1.82) is 0 Å². The van der Waals surface area contributed by atoms with E-state index >= 15 is 0 Å². The van der Waals surface area contributed by atoms with Crippen LogP contribution in [-0.2, 0) is 21.0 Å². The van der Waals surface area contributed by atoms with Gasteiger partial charge in [0.1, 0.15) is 11.0 Å². The van der Waals surface area contributed by atoms with Gasteiger partial charge < -0.3 is 0 Å². The van der Waals surface area contributed by atoms with Crippen molar-refractivity contribution in [2.24, 2.45) is 17.3 Å². The van der Waals surface area contributed by atoms with Gasteiger partial charge in [0.2, 0.25) is 0 Å². The normalized spacial score (nSPS) is 31.0. The lowest BCUT2D eigenvalue weighted by atomic mass is 10.0. The molecule has 0 radical (unpaired) electrons. The maximum Gasteiger partial charge on any atom is 0.251 e. The minimum Gasteiger partial charge on any atom is -0.241 e. The largest absolute Gasteiger partial charge is 0.251 e. The number of nitrogens with one attached hydrogen (secondary N) is 1. The first-order valence-corrected chi connectivity index (χ1v) is 10.1. The number of allylic oxidation sites excluding steroid dienone is 1. The lowest BCUT2D eigenvalue weighted by Crippen LogP contribution is -2.35. The van der Waals surface area contributed by atoms with Crippen molar-refractivity contribution in [3.63, 3.8) is 0 Å². The van der Waals surface area contributed by atoms with Gasteiger partial charge in [-0.15, -0.1) is 4.13 Å². The second kappa shape index (κ2) is 5.28. The van der Waals surface area contributed by atoms with Crippen molar-refractivity contribution in [3.8, 4) is 0 Å². The predicted molar refractivity (Wildman–Crippen MR) is 87.8 cm³/mol. The Kier molecular flexibility index (Phi) is 3.82. The maximum atomic E-state index is 12.6. The number of fused-ring (bicyclic) bond motifs is 1. The van der Waals surface area contributed by atoms with Crippen LogP contribution in [0.5, 0.6) is 0 Å². The highest BCUT2D eigenvalue weighted by molar-refractivity contribution is 8.02. The van der Waals surface area contributed by atoms with Crippen LogP contribution in [0.3, 0.4) is 0 Å². The van der Waals surface area contributed by atoms with Crippen LogP contribution in [0.2, 0.25) is 0 Å². The van der Waals surface area contributed by atoms with Gasteiger partial charge in [0, 0.05) is 0 Å². The molecule has 22 heavy (non-hydrogen) atoms. The van der Waals surface area contributed by atoms with E-state index in [1.807, 2.05) is 6.92 Å². The van der Waals surface area contributed by atoms with Crippen LogP contribution in [0.15, 0.2) is 46.9 Å². The van der Waals surface area contributed by atoms with Crippen LogP contribution in [0.25, 0.3) is 0 Å². The molecule has 1 fully saturated rings. The van der Waals surface area contributed by atoms with Crippen molar-refractivity contribution in [3.05, 3.63) is 42.0 Å². The summed E-state index contributed by atoms with van der Waals surface area (Å²) in [5.74, 6) is 1.05. The Labute approximate surface area is 134 Å². The summed E-state index contributed by atoms with van der Waals surface area (Å²) in [7, 11) is -5.38. The van der Waals surface area contributed by atoms with Crippen LogP contribution in [0.4, 0.5) is 0 Å². The molecule has 1 unspecified atom stereocenters. The molecule has 0 bridgehead atoms. The topological polar surface area (TPSA) is 63.2 Å². The van der Waals surface area contributed by atoms with Gasteiger partial charge in [-0.05, 0) is 42.7 Å². The third-order valence-corrected chi connectivity index (χ3v) is 8.57. The molecule has 0 aromatic heterocycles. The van der Waals surface area contributed by atoms with Crippen molar-refractivity contribution in [1.82, 2.24) is 4.13 Å². The van der Waals surface area contributed by atoms with Gasteiger partial charge in [0.05, 0.1) is 10.1 Å². The third kappa shape index (κ3) is 2.68. The first-order chi connectivity index (χ1) is 10.2. The van der Waals surface area contributed by atoms with Crippen molar-refractivity contribution >= 4 is 21.0 Å². The van der Waals surface area contributed by atoms with E-state index in [2.05, 4.69) is 24.1 Å². The summed E-state index contributed by atoms with van der Waals surface area (Å²) in [6.07, 6.45) is 2.96. The zero-order valence-corrected chi connectivity index (χ0v) is 14.6. The molecule has 120 valence electrons. The smallest absolute Gasteiger partial charge is 0.241 e. The highest BCUT2D eigenvalue weighted by atomic mass is 32.3. The summed E-state index contributed by atoms with van der Waals surface area (Å²) in [4.78, 5) is 0.144. The predicted octanol–water partition coefficient (Wildman–Crippen LogP) is 2.62. The molecule has 2 aliphatic carbocycles. The molecule has 0 aliphatic heterocycles. The zero-order valence-electron chi connectivity index (χ0n) is 12.9. The molecule has 1 aromatic carbocycles.